The Bertz CT molecular complexity index is 267. The molecule has 0 N–H and O–H groups in total. The van der Waals surface area contributed by atoms with Gasteiger partial charge in [0.25, 0.3) is 0 Å². The first-order valence-electron chi connectivity index (χ1n) is 10.5. The van der Waals surface area contributed by atoms with Gasteiger partial charge in [0.15, 0.2) is 5.78 Å². The summed E-state index contributed by atoms with van der Waals surface area (Å²) in [6, 6.07) is 0. The van der Waals surface area contributed by atoms with Gasteiger partial charge in [0, 0.05) is 6.42 Å². The number of allylic oxidation sites excluding steroid dienone is 2. The first-order chi connectivity index (χ1) is 11.3. The third kappa shape index (κ3) is 19.4. The van der Waals surface area contributed by atoms with E-state index >= 15 is 0 Å². The molecule has 0 saturated carbocycles. The Morgan fingerprint density at radius 1 is 0.609 bits per heavy atom. The molecule has 0 aliphatic rings. The summed E-state index contributed by atoms with van der Waals surface area (Å²) in [5, 5.41) is 0. The lowest BCUT2D eigenvalue weighted by Gasteiger charge is -2.03. The number of carbonyl (C=O) groups is 1. The summed E-state index contributed by atoms with van der Waals surface area (Å²) in [5.74, 6) is 0.307. The first-order valence-corrected chi connectivity index (χ1v) is 10.5. The number of rotatable bonds is 18. The Labute approximate surface area is 146 Å². The van der Waals surface area contributed by atoms with Crippen LogP contribution >= 0.6 is 0 Å². The van der Waals surface area contributed by atoms with Crippen molar-refractivity contribution in [1.82, 2.24) is 0 Å². The van der Waals surface area contributed by atoms with Gasteiger partial charge in [-0.15, -0.1) is 0 Å². The van der Waals surface area contributed by atoms with Crippen molar-refractivity contribution in [1.29, 1.82) is 0 Å². The number of hydrogen-bond donors (Lipinski definition) is 0. The summed E-state index contributed by atoms with van der Waals surface area (Å²) in [7, 11) is 0. The molecule has 0 unspecified atom stereocenters. The van der Waals surface area contributed by atoms with Gasteiger partial charge in [-0.25, -0.2) is 0 Å². The molecule has 0 aromatic rings. The molecule has 0 saturated heterocycles. The van der Waals surface area contributed by atoms with Crippen molar-refractivity contribution >= 4 is 5.78 Å². The van der Waals surface area contributed by atoms with Crippen molar-refractivity contribution in [2.75, 3.05) is 0 Å². The maximum atomic E-state index is 11.4. The van der Waals surface area contributed by atoms with Crippen LogP contribution in [0.1, 0.15) is 123 Å². The van der Waals surface area contributed by atoms with Crippen LogP contribution in [-0.4, -0.2) is 5.78 Å². The predicted octanol–water partition coefficient (Wildman–Crippen LogP) is 7.78. The maximum absolute atomic E-state index is 11.4. The van der Waals surface area contributed by atoms with E-state index in [0.29, 0.717) is 5.78 Å². The molecule has 0 heterocycles. The molecule has 0 aromatic carbocycles. The number of unbranched alkanes of at least 4 members (excludes halogenated alkanes) is 14. The van der Waals surface area contributed by atoms with Gasteiger partial charge in [-0.3, -0.25) is 4.79 Å². The van der Waals surface area contributed by atoms with Crippen LogP contribution in [0.3, 0.4) is 0 Å². The van der Waals surface area contributed by atoms with E-state index in [0.717, 1.165) is 19.3 Å². The van der Waals surface area contributed by atoms with Crippen LogP contribution in [0.5, 0.6) is 0 Å². The molecule has 0 rings (SSSR count). The lowest BCUT2D eigenvalue weighted by molar-refractivity contribution is -0.114. The average Bonchev–Trinajstić information content (AvgIpc) is 2.56. The fraction of sp³-hybridized carbons (Fsp3) is 0.864. The SMILES string of the molecule is CC/C=C/C(=O)CCCCCCCCCCCCCCCCC. The molecule has 0 spiro atoms. The maximum Gasteiger partial charge on any atom is 0.155 e. The highest BCUT2D eigenvalue weighted by Crippen LogP contribution is 2.13. The van der Waals surface area contributed by atoms with Gasteiger partial charge in [-0.05, 0) is 18.9 Å². The largest absolute Gasteiger partial charge is 0.295 e. The van der Waals surface area contributed by atoms with Crippen molar-refractivity contribution in [2.45, 2.75) is 123 Å². The highest BCUT2D eigenvalue weighted by molar-refractivity contribution is 5.89. The summed E-state index contributed by atoms with van der Waals surface area (Å²) in [4.78, 5) is 11.4. The zero-order valence-corrected chi connectivity index (χ0v) is 16.1. The summed E-state index contributed by atoms with van der Waals surface area (Å²) in [6.07, 6.45) is 26.1. The average molecular weight is 323 g/mol. The third-order valence-corrected chi connectivity index (χ3v) is 4.57. The van der Waals surface area contributed by atoms with Crippen LogP contribution < -0.4 is 0 Å². The van der Waals surface area contributed by atoms with E-state index in [1.165, 1.54) is 89.9 Å². The standard InChI is InChI=1S/C22H42O/c1-3-5-7-8-9-10-11-12-13-14-15-16-17-18-19-21-22(23)20-6-4-2/h6,20H,3-5,7-19,21H2,1-2H3/b20-6+. The summed E-state index contributed by atoms with van der Waals surface area (Å²) in [6.45, 7) is 4.35. The fourth-order valence-corrected chi connectivity index (χ4v) is 3.00. The van der Waals surface area contributed by atoms with Gasteiger partial charge in [-0.1, -0.05) is 110 Å². The summed E-state index contributed by atoms with van der Waals surface area (Å²) >= 11 is 0. The van der Waals surface area contributed by atoms with Crippen molar-refractivity contribution in [3.8, 4) is 0 Å². The van der Waals surface area contributed by atoms with Crippen LogP contribution in [0.4, 0.5) is 0 Å². The van der Waals surface area contributed by atoms with E-state index in [1.54, 1.807) is 6.08 Å². The van der Waals surface area contributed by atoms with Gasteiger partial charge in [0.05, 0.1) is 0 Å². The van der Waals surface area contributed by atoms with E-state index in [2.05, 4.69) is 13.8 Å². The van der Waals surface area contributed by atoms with Crippen molar-refractivity contribution in [2.24, 2.45) is 0 Å². The smallest absolute Gasteiger partial charge is 0.155 e. The normalized spacial score (nSPS) is 11.4. The van der Waals surface area contributed by atoms with Crippen LogP contribution in [-0.2, 0) is 4.79 Å². The molecule has 0 amide bonds. The first kappa shape index (κ1) is 22.4. The quantitative estimate of drug-likeness (QED) is 0.186. The fourth-order valence-electron chi connectivity index (χ4n) is 3.00. The Kier molecular flexibility index (Phi) is 19.0. The Balaban J connectivity index is 3.08. The number of hydrogen-bond acceptors (Lipinski definition) is 1. The number of ketones is 1. The molecule has 1 heteroatoms. The molecule has 136 valence electrons. The van der Waals surface area contributed by atoms with Gasteiger partial charge >= 0.3 is 0 Å². The minimum Gasteiger partial charge on any atom is -0.295 e. The van der Waals surface area contributed by atoms with Gasteiger partial charge in [-0.2, -0.15) is 0 Å². The highest BCUT2D eigenvalue weighted by atomic mass is 16.1. The van der Waals surface area contributed by atoms with Gasteiger partial charge < -0.3 is 0 Å². The zero-order chi connectivity index (χ0) is 17.0. The minimum absolute atomic E-state index is 0.307. The molecule has 0 fully saturated rings. The highest BCUT2D eigenvalue weighted by Gasteiger charge is 1.97. The molecule has 0 atom stereocenters. The monoisotopic (exact) mass is 322 g/mol. The zero-order valence-electron chi connectivity index (χ0n) is 16.1. The molecule has 0 aliphatic carbocycles. The Morgan fingerprint density at radius 2 is 1.00 bits per heavy atom. The molecular weight excluding hydrogens is 280 g/mol. The molecule has 23 heavy (non-hydrogen) atoms. The van der Waals surface area contributed by atoms with Gasteiger partial charge in [0.1, 0.15) is 0 Å². The van der Waals surface area contributed by atoms with E-state index in [-0.39, 0.29) is 0 Å². The molecule has 1 nitrogen and oxygen atoms in total. The Morgan fingerprint density at radius 3 is 1.39 bits per heavy atom. The van der Waals surface area contributed by atoms with Crippen molar-refractivity contribution < 1.29 is 4.79 Å². The van der Waals surface area contributed by atoms with Crippen LogP contribution in [0, 0.1) is 0 Å². The summed E-state index contributed by atoms with van der Waals surface area (Å²) in [5.41, 5.74) is 0. The second-order valence-corrected chi connectivity index (χ2v) is 6.98. The Hall–Kier alpha value is -0.590. The van der Waals surface area contributed by atoms with Crippen molar-refractivity contribution in [3.05, 3.63) is 12.2 Å². The third-order valence-electron chi connectivity index (χ3n) is 4.57. The topological polar surface area (TPSA) is 17.1 Å². The van der Waals surface area contributed by atoms with E-state index in [4.69, 9.17) is 0 Å². The minimum atomic E-state index is 0.307. The van der Waals surface area contributed by atoms with Crippen LogP contribution in [0.15, 0.2) is 12.2 Å². The molecule has 0 bridgehead atoms. The van der Waals surface area contributed by atoms with Crippen molar-refractivity contribution in [3.63, 3.8) is 0 Å². The molecule has 0 radical (unpaired) electrons. The molecule has 0 aromatic heterocycles. The van der Waals surface area contributed by atoms with E-state index in [9.17, 15) is 4.79 Å². The second-order valence-electron chi connectivity index (χ2n) is 6.98. The van der Waals surface area contributed by atoms with Crippen LogP contribution in [0.2, 0.25) is 0 Å². The van der Waals surface area contributed by atoms with E-state index in [1.807, 2.05) is 6.08 Å². The molecule has 0 aliphatic heterocycles. The lowest BCUT2D eigenvalue weighted by Crippen LogP contribution is -1.92. The number of carbonyl (C=O) groups excluding carboxylic acids is 1. The molecular formula is C22H42O. The lowest BCUT2D eigenvalue weighted by atomic mass is 10.0. The van der Waals surface area contributed by atoms with Gasteiger partial charge in [0.2, 0.25) is 0 Å². The van der Waals surface area contributed by atoms with Crippen LogP contribution in [0.25, 0.3) is 0 Å². The predicted molar refractivity (Wildman–Crippen MR) is 104 cm³/mol. The summed E-state index contributed by atoms with van der Waals surface area (Å²) < 4.78 is 0. The second kappa shape index (κ2) is 19.5. The van der Waals surface area contributed by atoms with E-state index < -0.39 is 0 Å².